The van der Waals surface area contributed by atoms with Crippen LogP contribution < -0.4 is 5.32 Å². The lowest BCUT2D eigenvalue weighted by atomic mass is 9.94. The van der Waals surface area contributed by atoms with Gasteiger partial charge < -0.3 is 5.32 Å². The van der Waals surface area contributed by atoms with Gasteiger partial charge in [0.15, 0.2) is 0 Å². The molecule has 0 heterocycles. The summed E-state index contributed by atoms with van der Waals surface area (Å²) >= 11 is 5.58. The van der Waals surface area contributed by atoms with Crippen molar-refractivity contribution in [3.05, 3.63) is 69.7 Å². The van der Waals surface area contributed by atoms with Gasteiger partial charge in [-0.3, -0.25) is 0 Å². The predicted octanol–water partition coefficient (Wildman–Crippen LogP) is 4.24. The topological polar surface area (TPSA) is 12.0 Å². The number of rotatable bonds is 3. The van der Waals surface area contributed by atoms with Crippen LogP contribution in [0.1, 0.15) is 22.7 Å². The summed E-state index contributed by atoms with van der Waals surface area (Å²) in [5.41, 5.74) is 2.17. The smallest absolute Gasteiger partial charge is 0.142 e. The highest BCUT2D eigenvalue weighted by Crippen LogP contribution is 2.29. The van der Waals surface area contributed by atoms with Gasteiger partial charge >= 0.3 is 0 Å². The third-order valence-corrected chi connectivity index (χ3v) is 3.43. The predicted molar refractivity (Wildman–Crippen MR) is 73.4 cm³/mol. The van der Waals surface area contributed by atoms with Crippen LogP contribution in [0.5, 0.6) is 0 Å². The van der Waals surface area contributed by atoms with Crippen LogP contribution in [0.3, 0.4) is 0 Å². The summed E-state index contributed by atoms with van der Waals surface area (Å²) < 4.78 is 27.5. The Morgan fingerprint density at radius 1 is 1.05 bits per heavy atom. The average Bonchev–Trinajstić information content (AvgIpc) is 2.38. The van der Waals surface area contributed by atoms with Crippen LogP contribution in [0.2, 0.25) is 5.02 Å². The Morgan fingerprint density at radius 2 is 1.74 bits per heavy atom. The molecule has 0 radical (unpaired) electrons. The second-order valence-corrected chi connectivity index (χ2v) is 4.77. The fourth-order valence-electron chi connectivity index (χ4n) is 2.15. The Morgan fingerprint density at radius 3 is 2.37 bits per heavy atom. The van der Waals surface area contributed by atoms with E-state index in [0.29, 0.717) is 0 Å². The summed E-state index contributed by atoms with van der Waals surface area (Å²) in [7, 11) is 1.71. The Bertz CT molecular complexity index is 599. The molecule has 2 rings (SSSR count). The van der Waals surface area contributed by atoms with Gasteiger partial charge in [0.25, 0.3) is 0 Å². The van der Waals surface area contributed by atoms with E-state index in [2.05, 4.69) is 5.32 Å². The number of aryl methyl sites for hydroxylation is 1. The first-order valence-corrected chi connectivity index (χ1v) is 6.29. The van der Waals surface area contributed by atoms with E-state index in [9.17, 15) is 8.78 Å². The quantitative estimate of drug-likeness (QED) is 0.830. The monoisotopic (exact) mass is 281 g/mol. The van der Waals surface area contributed by atoms with Gasteiger partial charge in [-0.2, -0.15) is 0 Å². The second-order valence-electron chi connectivity index (χ2n) is 4.37. The summed E-state index contributed by atoms with van der Waals surface area (Å²) in [6.07, 6.45) is 0. The van der Waals surface area contributed by atoms with Crippen molar-refractivity contribution < 1.29 is 8.78 Å². The van der Waals surface area contributed by atoms with Gasteiger partial charge in [-0.1, -0.05) is 35.9 Å². The van der Waals surface area contributed by atoms with E-state index in [4.69, 9.17) is 11.6 Å². The van der Waals surface area contributed by atoms with Gasteiger partial charge in [-0.25, -0.2) is 8.78 Å². The Kier molecular flexibility index (Phi) is 4.17. The van der Waals surface area contributed by atoms with Gasteiger partial charge in [-0.15, -0.1) is 0 Å². The van der Waals surface area contributed by atoms with Gasteiger partial charge in [-0.05, 0) is 37.2 Å². The molecule has 0 aliphatic rings. The summed E-state index contributed by atoms with van der Waals surface area (Å²) in [5, 5.41) is 2.81. The lowest BCUT2D eigenvalue weighted by Crippen LogP contribution is -2.20. The normalized spacial score (nSPS) is 12.5. The molecule has 2 aromatic carbocycles. The second kappa shape index (κ2) is 5.68. The summed E-state index contributed by atoms with van der Waals surface area (Å²) in [5.74, 6) is -1.14. The van der Waals surface area contributed by atoms with E-state index < -0.39 is 17.7 Å². The molecule has 19 heavy (non-hydrogen) atoms. The van der Waals surface area contributed by atoms with Crippen LogP contribution >= 0.6 is 11.6 Å². The molecule has 100 valence electrons. The highest BCUT2D eigenvalue weighted by Gasteiger charge is 2.19. The van der Waals surface area contributed by atoms with E-state index in [1.807, 2.05) is 31.2 Å². The molecule has 0 spiro atoms. The average molecular weight is 282 g/mol. The molecule has 0 amide bonds. The fourth-order valence-corrected chi connectivity index (χ4v) is 2.30. The molecule has 0 bridgehead atoms. The largest absolute Gasteiger partial charge is 0.309 e. The van der Waals surface area contributed by atoms with E-state index >= 15 is 0 Å². The summed E-state index contributed by atoms with van der Waals surface area (Å²) in [6, 6.07) is 9.35. The molecule has 1 atom stereocenters. The number of hydrogen-bond acceptors (Lipinski definition) is 1. The first kappa shape index (κ1) is 14.0. The lowest BCUT2D eigenvalue weighted by molar-refractivity contribution is 0.557. The van der Waals surface area contributed by atoms with Crippen molar-refractivity contribution in [1.29, 1.82) is 0 Å². The highest BCUT2D eigenvalue weighted by atomic mass is 35.5. The molecule has 1 nitrogen and oxygen atoms in total. The zero-order valence-electron chi connectivity index (χ0n) is 10.7. The fraction of sp³-hybridized carbons (Fsp3) is 0.200. The molecule has 0 saturated carbocycles. The van der Waals surface area contributed by atoms with Crippen LogP contribution in [0.15, 0.2) is 36.4 Å². The number of benzene rings is 2. The zero-order valence-corrected chi connectivity index (χ0v) is 11.4. The SMILES string of the molecule is CNC(c1ccccc1C)c1cc(F)c(Cl)cc1F. The first-order chi connectivity index (χ1) is 9.04. The van der Waals surface area contributed by atoms with Crippen LogP contribution in [-0.4, -0.2) is 7.05 Å². The Labute approximate surface area is 116 Å². The van der Waals surface area contributed by atoms with Crippen LogP contribution in [0.25, 0.3) is 0 Å². The number of nitrogens with one attached hydrogen (secondary N) is 1. The van der Waals surface area contributed by atoms with Crippen molar-refractivity contribution in [2.75, 3.05) is 7.05 Å². The molecule has 0 saturated heterocycles. The van der Waals surface area contributed by atoms with Gasteiger partial charge in [0.05, 0.1) is 11.1 Å². The minimum atomic E-state index is -0.619. The van der Waals surface area contributed by atoms with Crippen molar-refractivity contribution in [3.8, 4) is 0 Å². The highest BCUT2D eigenvalue weighted by molar-refractivity contribution is 6.30. The van der Waals surface area contributed by atoms with E-state index in [1.165, 1.54) is 0 Å². The first-order valence-electron chi connectivity index (χ1n) is 5.92. The number of hydrogen-bond donors (Lipinski definition) is 1. The maximum atomic E-state index is 14.0. The third kappa shape index (κ3) is 2.77. The van der Waals surface area contributed by atoms with Crippen LogP contribution in [0.4, 0.5) is 8.78 Å². The van der Waals surface area contributed by atoms with Gasteiger partial charge in [0.2, 0.25) is 0 Å². The van der Waals surface area contributed by atoms with Crippen molar-refractivity contribution in [2.45, 2.75) is 13.0 Å². The van der Waals surface area contributed by atoms with Crippen molar-refractivity contribution >= 4 is 11.6 Å². The maximum absolute atomic E-state index is 14.0. The zero-order chi connectivity index (χ0) is 14.0. The Hall–Kier alpha value is -1.45. The van der Waals surface area contributed by atoms with E-state index in [0.717, 1.165) is 23.3 Å². The molecular weight excluding hydrogens is 268 g/mol. The number of halogens is 3. The van der Waals surface area contributed by atoms with E-state index in [-0.39, 0.29) is 10.6 Å². The molecule has 0 aromatic heterocycles. The molecule has 4 heteroatoms. The molecule has 0 fully saturated rings. The van der Waals surface area contributed by atoms with E-state index in [1.54, 1.807) is 7.05 Å². The van der Waals surface area contributed by atoms with Crippen molar-refractivity contribution in [2.24, 2.45) is 0 Å². The molecule has 1 unspecified atom stereocenters. The molecule has 0 aliphatic heterocycles. The molecule has 1 N–H and O–H groups in total. The van der Waals surface area contributed by atoms with Crippen molar-refractivity contribution in [3.63, 3.8) is 0 Å². The minimum absolute atomic E-state index is 0.208. The van der Waals surface area contributed by atoms with Crippen LogP contribution in [0, 0.1) is 18.6 Å². The van der Waals surface area contributed by atoms with Gasteiger partial charge in [0.1, 0.15) is 11.6 Å². The Balaban J connectivity index is 2.55. The minimum Gasteiger partial charge on any atom is -0.309 e. The van der Waals surface area contributed by atoms with Crippen LogP contribution in [-0.2, 0) is 0 Å². The molecular formula is C15H14ClF2N. The summed E-state index contributed by atoms with van der Waals surface area (Å²) in [4.78, 5) is 0. The molecule has 2 aromatic rings. The van der Waals surface area contributed by atoms with Crippen molar-refractivity contribution in [1.82, 2.24) is 5.32 Å². The standard InChI is InChI=1S/C15H14ClF2N/c1-9-5-3-4-6-10(9)15(19-2)11-7-14(18)12(16)8-13(11)17/h3-8,15,19H,1-2H3. The maximum Gasteiger partial charge on any atom is 0.142 e. The van der Waals surface area contributed by atoms with Gasteiger partial charge in [0, 0.05) is 5.56 Å². The lowest BCUT2D eigenvalue weighted by Gasteiger charge is -2.20. The molecule has 0 aliphatic carbocycles. The summed E-state index contributed by atoms with van der Waals surface area (Å²) in [6.45, 7) is 1.93. The third-order valence-electron chi connectivity index (χ3n) is 3.14.